The average molecular weight is 357 g/mol. The maximum absolute atomic E-state index is 6.63. The van der Waals surface area contributed by atoms with Gasteiger partial charge in [-0.05, 0) is 76.7 Å². The summed E-state index contributed by atoms with van der Waals surface area (Å²) >= 11 is 0. The Morgan fingerprint density at radius 1 is 0.909 bits per heavy atom. The lowest BCUT2D eigenvalue weighted by atomic mass is 9.98. The summed E-state index contributed by atoms with van der Waals surface area (Å²) in [7, 11) is -5.96. The highest BCUT2D eigenvalue weighted by Gasteiger charge is 2.50. The Kier molecular flexibility index (Phi) is 5.59. The molecule has 0 spiro atoms. The molecule has 0 atom stereocenters. The number of rotatable bonds is 6. The Hall–Kier alpha value is -0.149. The molecule has 126 valence electrons. The van der Waals surface area contributed by atoms with Gasteiger partial charge >= 0.3 is 8.56 Å². The van der Waals surface area contributed by atoms with Gasteiger partial charge in [0.15, 0.2) is 16.6 Å². The fourth-order valence-electron chi connectivity index (χ4n) is 3.04. The Morgan fingerprint density at radius 2 is 1.45 bits per heavy atom. The molecule has 0 aromatic rings. The second-order valence-electron chi connectivity index (χ2n) is 8.36. The van der Waals surface area contributed by atoms with Crippen LogP contribution in [0.5, 0.6) is 0 Å². The van der Waals surface area contributed by atoms with Crippen molar-refractivity contribution >= 4 is 25.2 Å². The van der Waals surface area contributed by atoms with E-state index in [0.717, 1.165) is 5.38 Å². The van der Waals surface area contributed by atoms with Gasteiger partial charge in [-0.2, -0.15) is 0 Å². The SMILES string of the molecule is C[Si](C)(C)O[Si]1(O[Si](C)(C)C)C=CC=C1OC1CCCCC1. The lowest BCUT2D eigenvalue weighted by molar-refractivity contribution is 0.0875. The van der Waals surface area contributed by atoms with Gasteiger partial charge < -0.3 is 13.0 Å². The van der Waals surface area contributed by atoms with E-state index in [1.807, 2.05) is 0 Å². The first-order chi connectivity index (χ1) is 10.1. The van der Waals surface area contributed by atoms with Crippen molar-refractivity contribution in [3.8, 4) is 0 Å². The Labute approximate surface area is 139 Å². The van der Waals surface area contributed by atoms with Crippen molar-refractivity contribution in [3.63, 3.8) is 0 Å². The largest absolute Gasteiger partial charge is 0.494 e. The van der Waals surface area contributed by atoms with Crippen LogP contribution in [0, 0.1) is 0 Å². The van der Waals surface area contributed by atoms with Gasteiger partial charge in [-0.1, -0.05) is 12.5 Å². The van der Waals surface area contributed by atoms with Crippen molar-refractivity contribution in [1.29, 1.82) is 0 Å². The first kappa shape index (κ1) is 18.2. The van der Waals surface area contributed by atoms with E-state index in [0.29, 0.717) is 6.10 Å². The van der Waals surface area contributed by atoms with Crippen molar-refractivity contribution in [1.82, 2.24) is 0 Å². The van der Waals surface area contributed by atoms with Gasteiger partial charge in [0.1, 0.15) is 5.38 Å². The maximum Gasteiger partial charge on any atom is 0.415 e. The lowest BCUT2D eigenvalue weighted by Gasteiger charge is -2.39. The first-order valence-electron chi connectivity index (χ1n) is 8.57. The normalized spacial score (nSPS) is 22.7. The van der Waals surface area contributed by atoms with Crippen LogP contribution in [0.4, 0.5) is 0 Å². The second kappa shape index (κ2) is 6.76. The van der Waals surface area contributed by atoms with Gasteiger partial charge in [-0.25, -0.2) is 0 Å². The molecule has 0 bridgehead atoms. The molecule has 0 amide bonds. The van der Waals surface area contributed by atoms with Gasteiger partial charge in [0.05, 0.1) is 6.10 Å². The van der Waals surface area contributed by atoms with Crippen LogP contribution < -0.4 is 0 Å². The smallest absolute Gasteiger partial charge is 0.415 e. The van der Waals surface area contributed by atoms with Gasteiger partial charge in [0.2, 0.25) is 0 Å². The van der Waals surface area contributed by atoms with Crippen LogP contribution in [-0.2, 0) is 13.0 Å². The predicted molar refractivity (Wildman–Crippen MR) is 99.8 cm³/mol. The first-order valence-corrected chi connectivity index (χ1v) is 17.3. The lowest BCUT2D eigenvalue weighted by Crippen LogP contribution is -2.55. The summed E-state index contributed by atoms with van der Waals surface area (Å²) in [4.78, 5) is 0. The molecule has 6 heteroatoms. The minimum Gasteiger partial charge on any atom is -0.494 e. The van der Waals surface area contributed by atoms with Gasteiger partial charge in [-0.3, -0.25) is 0 Å². The number of allylic oxidation sites excluding steroid dienone is 2. The van der Waals surface area contributed by atoms with Gasteiger partial charge in [0.25, 0.3) is 0 Å². The van der Waals surface area contributed by atoms with E-state index in [1.165, 1.54) is 32.1 Å². The van der Waals surface area contributed by atoms with Crippen molar-refractivity contribution in [2.45, 2.75) is 77.5 Å². The van der Waals surface area contributed by atoms with Crippen LogP contribution in [0.1, 0.15) is 32.1 Å². The summed E-state index contributed by atoms with van der Waals surface area (Å²) in [6.07, 6.45) is 10.8. The summed E-state index contributed by atoms with van der Waals surface area (Å²) in [5.74, 6) is 0. The zero-order valence-electron chi connectivity index (χ0n) is 15.1. The molecule has 0 radical (unpaired) electrons. The van der Waals surface area contributed by atoms with E-state index >= 15 is 0 Å². The fourth-order valence-corrected chi connectivity index (χ4v) is 13.4. The van der Waals surface area contributed by atoms with E-state index in [2.05, 4.69) is 57.1 Å². The molecule has 1 heterocycles. The summed E-state index contributed by atoms with van der Waals surface area (Å²) in [5, 5.41) is 1.00. The molecule has 0 aromatic carbocycles. The molecule has 0 unspecified atom stereocenters. The van der Waals surface area contributed by atoms with Crippen LogP contribution in [0.15, 0.2) is 23.2 Å². The molecule has 0 aromatic heterocycles. The highest BCUT2D eigenvalue weighted by Crippen LogP contribution is 2.35. The molecule has 1 fully saturated rings. The highest BCUT2D eigenvalue weighted by molar-refractivity contribution is 6.94. The molecular formula is C16H32O3Si3. The monoisotopic (exact) mass is 356 g/mol. The van der Waals surface area contributed by atoms with E-state index in [1.54, 1.807) is 0 Å². The van der Waals surface area contributed by atoms with Crippen LogP contribution in [0.2, 0.25) is 39.3 Å². The van der Waals surface area contributed by atoms with E-state index in [-0.39, 0.29) is 0 Å². The van der Waals surface area contributed by atoms with E-state index in [4.69, 9.17) is 13.0 Å². The third-order valence-electron chi connectivity index (χ3n) is 3.67. The van der Waals surface area contributed by atoms with E-state index < -0.39 is 25.2 Å². The molecule has 3 nitrogen and oxygen atoms in total. The van der Waals surface area contributed by atoms with Crippen molar-refractivity contribution in [3.05, 3.63) is 23.2 Å². The number of hydrogen-bond acceptors (Lipinski definition) is 3. The molecule has 2 aliphatic rings. The van der Waals surface area contributed by atoms with Crippen molar-refractivity contribution < 1.29 is 13.0 Å². The summed E-state index contributed by atoms with van der Waals surface area (Å²) in [5.41, 5.74) is 2.18. The topological polar surface area (TPSA) is 27.7 Å². The molecule has 1 aliphatic heterocycles. The minimum atomic E-state index is -2.53. The minimum absolute atomic E-state index is 0.349. The van der Waals surface area contributed by atoms with Crippen LogP contribution in [-0.4, -0.2) is 31.3 Å². The van der Waals surface area contributed by atoms with Crippen LogP contribution in [0.25, 0.3) is 0 Å². The third-order valence-corrected chi connectivity index (χ3v) is 12.6. The summed E-state index contributed by atoms with van der Waals surface area (Å²) < 4.78 is 19.7. The third kappa shape index (κ3) is 5.19. The molecule has 1 saturated carbocycles. The molecular weight excluding hydrogens is 324 g/mol. The number of ether oxygens (including phenoxy) is 1. The van der Waals surface area contributed by atoms with Crippen molar-refractivity contribution in [2.75, 3.05) is 0 Å². The molecule has 0 N–H and O–H groups in total. The fraction of sp³-hybridized carbons (Fsp3) is 0.750. The van der Waals surface area contributed by atoms with Crippen LogP contribution >= 0.6 is 0 Å². The highest BCUT2D eigenvalue weighted by atomic mass is 28.5. The average Bonchev–Trinajstić information content (AvgIpc) is 2.68. The number of hydrogen-bond donors (Lipinski definition) is 0. The summed E-state index contributed by atoms with van der Waals surface area (Å²) in [6.45, 7) is 13.4. The molecule has 2 rings (SSSR count). The zero-order chi connectivity index (χ0) is 16.4. The standard InChI is InChI=1S/C16H32O3Si3/c1-20(2,3)18-22(19-21(4,5)6)14-10-13-16(22)17-15-11-8-7-9-12-15/h10,13-15H,7-9,11-12H2,1-6H3. The predicted octanol–water partition coefficient (Wildman–Crippen LogP) is 5.01. The zero-order valence-corrected chi connectivity index (χ0v) is 18.1. The van der Waals surface area contributed by atoms with E-state index in [9.17, 15) is 0 Å². The molecule has 0 saturated heterocycles. The van der Waals surface area contributed by atoms with Crippen molar-refractivity contribution in [2.24, 2.45) is 0 Å². The summed E-state index contributed by atoms with van der Waals surface area (Å²) in [6, 6.07) is 0. The van der Waals surface area contributed by atoms with Gasteiger partial charge in [0, 0.05) is 0 Å². The Balaban J connectivity index is 2.18. The Morgan fingerprint density at radius 3 is 1.95 bits per heavy atom. The molecule has 1 aliphatic carbocycles. The maximum atomic E-state index is 6.63. The quantitative estimate of drug-likeness (QED) is 0.626. The Bertz CT molecular complexity index is 425. The van der Waals surface area contributed by atoms with Crippen LogP contribution in [0.3, 0.4) is 0 Å². The molecule has 22 heavy (non-hydrogen) atoms. The van der Waals surface area contributed by atoms with Gasteiger partial charge in [-0.15, -0.1) is 0 Å². The second-order valence-corrected chi connectivity index (χ2v) is 20.6.